The fourth-order valence-corrected chi connectivity index (χ4v) is 3.41. The van der Waals surface area contributed by atoms with Gasteiger partial charge < -0.3 is 23.7 Å². The van der Waals surface area contributed by atoms with Crippen molar-refractivity contribution in [3.63, 3.8) is 0 Å². The predicted molar refractivity (Wildman–Crippen MR) is 123 cm³/mol. The lowest BCUT2D eigenvalue weighted by molar-refractivity contribution is -0.165. The van der Waals surface area contributed by atoms with Gasteiger partial charge in [0.05, 0.1) is 26.9 Å². The Morgan fingerprint density at radius 1 is 0.719 bits per heavy atom. The topological polar surface area (TPSA) is 46.2 Å². The van der Waals surface area contributed by atoms with Gasteiger partial charge in [0.1, 0.15) is 23.7 Å². The van der Waals surface area contributed by atoms with Crippen LogP contribution in [0, 0.1) is 0 Å². The monoisotopic (exact) mass is 432 g/mol. The van der Waals surface area contributed by atoms with E-state index in [1.165, 1.54) is 0 Å². The quantitative estimate of drug-likeness (QED) is 0.414. The highest BCUT2D eigenvalue weighted by atomic mass is 16.7. The molecule has 0 amide bonds. The largest absolute Gasteiger partial charge is 0.497 e. The zero-order valence-corrected chi connectivity index (χ0v) is 18.1. The Bertz CT molecular complexity index is 956. The minimum Gasteiger partial charge on any atom is -0.497 e. The molecule has 3 aromatic rings. The van der Waals surface area contributed by atoms with Crippen LogP contribution < -0.4 is 9.47 Å². The van der Waals surface area contributed by atoms with Crippen LogP contribution >= 0.6 is 0 Å². The van der Waals surface area contributed by atoms with Crippen LogP contribution in [-0.4, -0.2) is 32.2 Å². The summed E-state index contributed by atoms with van der Waals surface area (Å²) in [6.07, 6.45) is 2.83. The molecule has 0 spiro atoms. The maximum absolute atomic E-state index is 6.20. The van der Waals surface area contributed by atoms with Gasteiger partial charge in [0.25, 0.3) is 0 Å². The molecule has 0 saturated carbocycles. The Hall–Kier alpha value is -3.12. The van der Waals surface area contributed by atoms with Crippen molar-refractivity contribution in [3.8, 4) is 11.5 Å². The lowest BCUT2D eigenvalue weighted by Crippen LogP contribution is -2.42. The summed E-state index contributed by atoms with van der Waals surface area (Å²) < 4.78 is 29.5. The standard InChI is InChI=1S/C27H28O5/c1-28-23-12-14-24(15-13-23)31-27-17-16-25(30-19-22-10-6-3-7-11-22)26(32-27)20-29-18-21-8-4-2-5-9-21/h2-17,25-27H,18-20H2,1H3/t25-,26-,27-/m1/s1. The maximum Gasteiger partial charge on any atom is 0.220 e. The van der Waals surface area contributed by atoms with Gasteiger partial charge in [-0.1, -0.05) is 66.7 Å². The van der Waals surface area contributed by atoms with Crippen LogP contribution in [0.1, 0.15) is 11.1 Å². The Kier molecular flexibility index (Phi) is 7.93. The summed E-state index contributed by atoms with van der Waals surface area (Å²) in [5.74, 6) is 1.48. The van der Waals surface area contributed by atoms with E-state index in [1.807, 2.05) is 97.1 Å². The van der Waals surface area contributed by atoms with Crippen LogP contribution in [0.5, 0.6) is 11.5 Å². The third-order valence-electron chi connectivity index (χ3n) is 5.12. The normalized spacial score (nSPS) is 20.1. The summed E-state index contributed by atoms with van der Waals surface area (Å²) >= 11 is 0. The zero-order valence-electron chi connectivity index (χ0n) is 18.1. The molecule has 3 aromatic carbocycles. The fourth-order valence-electron chi connectivity index (χ4n) is 3.41. The molecule has 1 aliphatic rings. The summed E-state index contributed by atoms with van der Waals surface area (Å²) in [7, 11) is 1.64. The van der Waals surface area contributed by atoms with Gasteiger partial charge in [-0.05, 0) is 41.5 Å². The number of ether oxygens (including phenoxy) is 5. The van der Waals surface area contributed by atoms with Gasteiger partial charge in [-0.25, -0.2) is 0 Å². The molecule has 1 aliphatic heterocycles. The van der Waals surface area contributed by atoms with E-state index in [9.17, 15) is 0 Å². The van der Waals surface area contributed by atoms with Crippen LogP contribution in [-0.2, 0) is 27.4 Å². The molecule has 4 rings (SSSR count). The van der Waals surface area contributed by atoms with Crippen molar-refractivity contribution in [1.29, 1.82) is 0 Å². The predicted octanol–water partition coefficient (Wildman–Crippen LogP) is 5.16. The number of hydrogen-bond acceptors (Lipinski definition) is 5. The molecule has 0 aromatic heterocycles. The highest BCUT2D eigenvalue weighted by Crippen LogP contribution is 2.23. The first-order chi connectivity index (χ1) is 15.8. The van der Waals surface area contributed by atoms with Crippen molar-refractivity contribution < 1.29 is 23.7 Å². The molecule has 5 heteroatoms. The average molecular weight is 433 g/mol. The Morgan fingerprint density at radius 2 is 1.34 bits per heavy atom. The highest BCUT2D eigenvalue weighted by Gasteiger charge is 2.29. The molecular formula is C27H28O5. The summed E-state index contributed by atoms with van der Waals surface area (Å²) in [5, 5.41) is 0. The molecular weight excluding hydrogens is 404 g/mol. The van der Waals surface area contributed by atoms with E-state index in [1.54, 1.807) is 7.11 Å². The average Bonchev–Trinajstić information content (AvgIpc) is 2.85. The van der Waals surface area contributed by atoms with Gasteiger partial charge in [-0.15, -0.1) is 0 Å². The molecule has 0 N–H and O–H groups in total. The Morgan fingerprint density at radius 3 is 2.00 bits per heavy atom. The van der Waals surface area contributed by atoms with E-state index < -0.39 is 6.29 Å². The lowest BCUT2D eigenvalue weighted by atomic mass is 10.1. The van der Waals surface area contributed by atoms with E-state index in [0.717, 1.165) is 16.9 Å². The molecule has 0 saturated heterocycles. The molecule has 5 nitrogen and oxygen atoms in total. The van der Waals surface area contributed by atoms with E-state index >= 15 is 0 Å². The maximum atomic E-state index is 6.20. The second-order valence-corrected chi connectivity index (χ2v) is 7.48. The van der Waals surface area contributed by atoms with Gasteiger partial charge >= 0.3 is 0 Å². The van der Waals surface area contributed by atoms with Gasteiger partial charge in [0, 0.05) is 0 Å². The first kappa shape index (κ1) is 22.1. The van der Waals surface area contributed by atoms with Crippen molar-refractivity contribution in [2.45, 2.75) is 31.7 Å². The molecule has 0 unspecified atom stereocenters. The minimum absolute atomic E-state index is 0.235. The van der Waals surface area contributed by atoms with Crippen molar-refractivity contribution in [2.24, 2.45) is 0 Å². The molecule has 32 heavy (non-hydrogen) atoms. The van der Waals surface area contributed by atoms with Crippen LogP contribution in [0.15, 0.2) is 97.1 Å². The Balaban J connectivity index is 1.38. The molecule has 1 heterocycles. The first-order valence-electron chi connectivity index (χ1n) is 10.7. The second-order valence-electron chi connectivity index (χ2n) is 7.48. The van der Waals surface area contributed by atoms with Crippen LogP contribution in [0.4, 0.5) is 0 Å². The lowest BCUT2D eigenvalue weighted by Gasteiger charge is -2.32. The van der Waals surface area contributed by atoms with Crippen molar-refractivity contribution in [2.75, 3.05) is 13.7 Å². The molecule has 0 bridgehead atoms. The summed E-state index contributed by atoms with van der Waals surface area (Å²) in [6, 6.07) is 27.6. The number of rotatable bonds is 10. The van der Waals surface area contributed by atoms with Crippen LogP contribution in [0.3, 0.4) is 0 Å². The Labute approximate surface area is 189 Å². The minimum atomic E-state index is -0.523. The third kappa shape index (κ3) is 6.44. The summed E-state index contributed by atoms with van der Waals surface area (Å²) in [6.45, 7) is 1.40. The molecule has 3 atom stereocenters. The van der Waals surface area contributed by atoms with Crippen molar-refractivity contribution in [3.05, 3.63) is 108 Å². The molecule has 166 valence electrons. The van der Waals surface area contributed by atoms with E-state index in [4.69, 9.17) is 23.7 Å². The molecule has 0 fully saturated rings. The van der Waals surface area contributed by atoms with Crippen LogP contribution in [0.25, 0.3) is 0 Å². The summed E-state index contributed by atoms with van der Waals surface area (Å²) in [5.41, 5.74) is 2.23. The smallest absolute Gasteiger partial charge is 0.220 e. The summed E-state index contributed by atoms with van der Waals surface area (Å²) in [4.78, 5) is 0. The molecule has 0 radical (unpaired) electrons. The molecule has 0 aliphatic carbocycles. The SMILES string of the molecule is COc1ccc(O[C@H]2C=C[C@@H](OCc3ccccc3)[C@@H](COCc3ccccc3)O2)cc1. The van der Waals surface area contributed by atoms with Gasteiger partial charge in [0.15, 0.2) is 0 Å². The zero-order chi connectivity index (χ0) is 22.0. The number of methoxy groups -OCH3 is 1. The van der Waals surface area contributed by atoms with Crippen molar-refractivity contribution >= 4 is 0 Å². The van der Waals surface area contributed by atoms with E-state index in [2.05, 4.69) is 0 Å². The number of hydrogen-bond donors (Lipinski definition) is 0. The highest BCUT2D eigenvalue weighted by molar-refractivity contribution is 5.31. The van der Waals surface area contributed by atoms with Crippen LogP contribution in [0.2, 0.25) is 0 Å². The third-order valence-corrected chi connectivity index (χ3v) is 5.12. The van der Waals surface area contributed by atoms with Gasteiger partial charge in [-0.2, -0.15) is 0 Å². The van der Waals surface area contributed by atoms with Crippen molar-refractivity contribution in [1.82, 2.24) is 0 Å². The van der Waals surface area contributed by atoms with Gasteiger partial charge in [-0.3, -0.25) is 0 Å². The van der Waals surface area contributed by atoms with E-state index in [-0.39, 0.29) is 12.2 Å². The van der Waals surface area contributed by atoms with Gasteiger partial charge in [0.2, 0.25) is 6.29 Å². The fraction of sp³-hybridized carbons (Fsp3) is 0.259. The second kappa shape index (κ2) is 11.5. The first-order valence-corrected chi connectivity index (χ1v) is 10.7. The van der Waals surface area contributed by atoms with E-state index in [0.29, 0.717) is 25.6 Å². The number of benzene rings is 3.